The summed E-state index contributed by atoms with van der Waals surface area (Å²) < 4.78 is 0. The summed E-state index contributed by atoms with van der Waals surface area (Å²) in [7, 11) is 1.68. The van der Waals surface area contributed by atoms with Crippen LogP contribution in [0.3, 0.4) is 0 Å². The number of anilines is 4. The zero-order chi connectivity index (χ0) is 21.4. The lowest BCUT2D eigenvalue weighted by atomic mass is 10.1. The number of nitrogens with zero attached hydrogens (tertiary/aromatic N) is 5. The quantitative estimate of drug-likeness (QED) is 0.665. The number of pyridine rings is 1. The van der Waals surface area contributed by atoms with E-state index in [9.17, 15) is 9.59 Å². The van der Waals surface area contributed by atoms with Crippen molar-refractivity contribution in [1.82, 2.24) is 15.0 Å². The summed E-state index contributed by atoms with van der Waals surface area (Å²) in [5.41, 5.74) is 5.54. The van der Waals surface area contributed by atoms with Gasteiger partial charge in [0.1, 0.15) is 12.1 Å². The number of urea groups is 1. The van der Waals surface area contributed by atoms with E-state index in [-0.39, 0.29) is 6.03 Å². The summed E-state index contributed by atoms with van der Waals surface area (Å²) in [5, 5.41) is 3.18. The molecule has 1 aromatic carbocycles. The van der Waals surface area contributed by atoms with Crippen LogP contribution in [0.1, 0.15) is 32.9 Å². The molecule has 0 saturated carbocycles. The number of aryl methyl sites for hydroxylation is 3. The van der Waals surface area contributed by atoms with Gasteiger partial charge in [0.05, 0.1) is 17.9 Å². The summed E-state index contributed by atoms with van der Waals surface area (Å²) in [6.07, 6.45) is 2.49. The molecule has 0 fully saturated rings. The van der Waals surface area contributed by atoms with Gasteiger partial charge in [0, 0.05) is 35.8 Å². The molecular formula is C22H22N6O2. The molecule has 1 aliphatic heterocycles. The third-order valence-electron chi connectivity index (χ3n) is 5.14. The number of benzene rings is 1. The Morgan fingerprint density at radius 1 is 1.10 bits per heavy atom. The molecule has 8 nitrogen and oxygen atoms in total. The van der Waals surface area contributed by atoms with Gasteiger partial charge in [-0.1, -0.05) is 12.1 Å². The first-order chi connectivity index (χ1) is 14.4. The Morgan fingerprint density at radius 3 is 2.63 bits per heavy atom. The molecule has 0 saturated heterocycles. The first-order valence-corrected chi connectivity index (χ1v) is 9.55. The second-order valence-corrected chi connectivity index (χ2v) is 7.34. The van der Waals surface area contributed by atoms with E-state index in [1.165, 1.54) is 4.90 Å². The highest BCUT2D eigenvalue weighted by Gasteiger charge is 2.31. The molecule has 3 aromatic rings. The Bertz CT molecular complexity index is 1160. The Labute approximate surface area is 174 Å². The molecule has 30 heavy (non-hydrogen) atoms. The number of fused-ring (bicyclic) bond motifs is 1. The third kappa shape index (κ3) is 3.47. The first-order valence-electron chi connectivity index (χ1n) is 9.55. The minimum absolute atomic E-state index is 0.216. The van der Waals surface area contributed by atoms with E-state index < -0.39 is 0 Å². The van der Waals surface area contributed by atoms with Gasteiger partial charge in [0.2, 0.25) is 5.95 Å². The van der Waals surface area contributed by atoms with Gasteiger partial charge in [-0.05, 0) is 44.5 Å². The maximum atomic E-state index is 13.1. The SMILES string of the molecule is Cc1ccc(Nc2ncc3c(n2)N(C)C(=O)N(c2cc(C=O)ccc2C)C3)c(C)n1. The van der Waals surface area contributed by atoms with Crippen molar-refractivity contribution in [2.75, 3.05) is 22.2 Å². The summed E-state index contributed by atoms with van der Waals surface area (Å²) in [6.45, 7) is 6.09. The number of nitrogens with one attached hydrogen (secondary N) is 1. The lowest BCUT2D eigenvalue weighted by Gasteiger charge is -2.34. The predicted molar refractivity (Wildman–Crippen MR) is 116 cm³/mol. The molecule has 2 aromatic heterocycles. The molecule has 1 N–H and O–H groups in total. The van der Waals surface area contributed by atoms with Gasteiger partial charge >= 0.3 is 6.03 Å². The molecule has 0 atom stereocenters. The van der Waals surface area contributed by atoms with Gasteiger partial charge in [-0.25, -0.2) is 9.78 Å². The Morgan fingerprint density at radius 2 is 1.90 bits per heavy atom. The number of hydrogen-bond acceptors (Lipinski definition) is 6. The molecule has 0 aliphatic carbocycles. The number of amides is 2. The van der Waals surface area contributed by atoms with E-state index in [2.05, 4.69) is 20.3 Å². The minimum atomic E-state index is -0.216. The largest absolute Gasteiger partial charge is 0.330 e. The van der Waals surface area contributed by atoms with Crippen LogP contribution in [0.5, 0.6) is 0 Å². The van der Waals surface area contributed by atoms with Crippen molar-refractivity contribution in [3.63, 3.8) is 0 Å². The van der Waals surface area contributed by atoms with Crippen molar-refractivity contribution in [3.8, 4) is 0 Å². The van der Waals surface area contributed by atoms with Crippen LogP contribution in [0, 0.1) is 20.8 Å². The van der Waals surface area contributed by atoms with Gasteiger partial charge in [-0.2, -0.15) is 4.98 Å². The Kier molecular flexibility index (Phi) is 4.91. The molecule has 8 heteroatoms. The lowest BCUT2D eigenvalue weighted by Crippen LogP contribution is -2.46. The fourth-order valence-electron chi connectivity index (χ4n) is 3.49. The lowest BCUT2D eigenvalue weighted by molar-refractivity contribution is 0.112. The molecule has 152 valence electrons. The highest BCUT2D eigenvalue weighted by atomic mass is 16.2. The number of carbonyl (C=O) groups excluding carboxylic acids is 2. The first kappa shape index (κ1) is 19.5. The molecule has 0 spiro atoms. The van der Waals surface area contributed by atoms with Crippen molar-refractivity contribution in [1.29, 1.82) is 0 Å². The topological polar surface area (TPSA) is 91.3 Å². The molecule has 0 radical (unpaired) electrons. The number of hydrogen-bond donors (Lipinski definition) is 1. The van der Waals surface area contributed by atoms with E-state index in [4.69, 9.17) is 0 Å². The molecule has 0 bridgehead atoms. The zero-order valence-corrected chi connectivity index (χ0v) is 17.3. The van der Waals surface area contributed by atoms with Crippen LogP contribution in [-0.4, -0.2) is 34.3 Å². The minimum Gasteiger partial charge on any atom is -0.323 e. The molecular weight excluding hydrogens is 380 g/mol. The van der Waals surface area contributed by atoms with Crippen molar-refractivity contribution in [2.24, 2.45) is 0 Å². The second-order valence-electron chi connectivity index (χ2n) is 7.34. The van der Waals surface area contributed by atoms with Crippen molar-refractivity contribution < 1.29 is 9.59 Å². The second kappa shape index (κ2) is 7.55. The van der Waals surface area contributed by atoms with Gasteiger partial charge in [-0.15, -0.1) is 0 Å². The monoisotopic (exact) mass is 402 g/mol. The van der Waals surface area contributed by atoms with Gasteiger partial charge in [0.15, 0.2) is 0 Å². The van der Waals surface area contributed by atoms with E-state index in [0.29, 0.717) is 29.6 Å². The molecule has 0 unspecified atom stereocenters. The normalized spacial score (nSPS) is 13.3. The summed E-state index contributed by atoms with van der Waals surface area (Å²) in [5.74, 6) is 0.949. The summed E-state index contributed by atoms with van der Waals surface area (Å²) >= 11 is 0. The molecule has 1 aliphatic rings. The Hall–Kier alpha value is -3.81. The van der Waals surface area contributed by atoms with E-state index in [1.54, 1.807) is 30.3 Å². The fraction of sp³-hybridized carbons (Fsp3) is 0.227. The highest BCUT2D eigenvalue weighted by molar-refractivity contribution is 6.05. The van der Waals surface area contributed by atoms with Gasteiger partial charge in [0.25, 0.3) is 0 Å². The summed E-state index contributed by atoms with van der Waals surface area (Å²) in [6, 6.07) is 8.93. The maximum absolute atomic E-state index is 13.1. The number of aromatic nitrogens is 3. The highest BCUT2D eigenvalue weighted by Crippen LogP contribution is 2.32. The average Bonchev–Trinajstić information content (AvgIpc) is 2.73. The fourth-order valence-corrected chi connectivity index (χ4v) is 3.49. The van der Waals surface area contributed by atoms with E-state index >= 15 is 0 Å². The molecule has 2 amide bonds. The van der Waals surface area contributed by atoms with E-state index in [1.807, 2.05) is 39.0 Å². The van der Waals surface area contributed by atoms with Crippen LogP contribution in [0.25, 0.3) is 0 Å². The van der Waals surface area contributed by atoms with Crippen LogP contribution in [0.4, 0.5) is 27.9 Å². The molecule has 4 rings (SSSR count). The Balaban J connectivity index is 1.66. The predicted octanol–water partition coefficient (Wildman–Crippen LogP) is 3.93. The van der Waals surface area contributed by atoms with Gasteiger partial charge in [-0.3, -0.25) is 19.6 Å². The van der Waals surface area contributed by atoms with Crippen LogP contribution >= 0.6 is 0 Å². The van der Waals surface area contributed by atoms with Crippen molar-refractivity contribution in [3.05, 3.63) is 64.6 Å². The van der Waals surface area contributed by atoms with E-state index in [0.717, 1.165) is 34.5 Å². The number of aldehydes is 1. The van der Waals surface area contributed by atoms with Crippen LogP contribution in [-0.2, 0) is 6.54 Å². The van der Waals surface area contributed by atoms with Gasteiger partial charge < -0.3 is 5.32 Å². The average molecular weight is 402 g/mol. The number of carbonyl (C=O) groups is 2. The zero-order valence-electron chi connectivity index (χ0n) is 17.3. The summed E-state index contributed by atoms with van der Waals surface area (Å²) in [4.78, 5) is 40.8. The number of rotatable bonds is 4. The van der Waals surface area contributed by atoms with Crippen LogP contribution < -0.4 is 15.1 Å². The van der Waals surface area contributed by atoms with Crippen molar-refractivity contribution >= 4 is 35.5 Å². The van der Waals surface area contributed by atoms with Crippen LogP contribution in [0.2, 0.25) is 0 Å². The molecule has 3 heterocycles. The smallest absolute Gasteiger partial charge is 0.323 e. The third-order valence-corrected chi connectivity index (χ3v) is 5.14. The van der Waals surface area contributed by atoms with Crippen LogP contribution in [0.15, 0.2) is 36.5 Å². The maximum Gasteiger partial charge on any atom is 0.330 e. The van der Waals surface area contributed by atoms with Crippen molar-refractivity contribution in [2.45, 2.75) is 27.3 Å². The standard InChI is InChI=1S/C22H22N6O2/c1-13-5-7-16(12-29)9-19(13)28-11-17-10-23-21(26-20(17)27(4)22(28)30)25-18-8-6-14(2)24-15(18)3/h5-10,12H,11H2,1-4H3,(H,23,25,26).